The van der Waals surface area contributed by atoms with Gasteiger partial charge in [0.2, 0.25) is 0 Å². The van der Waals surface area contributed by atoms with Crippen molar-refractivity contribution < 1.29 is 4.79 Å². The van der Waals surface area contributed by atoms with E-state index in [1.807, 2.05) is 11.0 Å². The lowest BCUT2D eigenvalue weighted by Crippen LogP contribution is -2.58. The van der Waals surface area contributed by atoms with Crippen LogP contribution in [-0.4, -0.2) is 83.2 Å². The van der Waals surface area contributed by atoms with Crippen molar-refractivity contribution in [3.05, 3.63) is 17.5 Å². The molecule has 1 aromatic rings. The zero-order valence-electron chi connectivity index (χ0n) is 15.5. The molecule has 1 N–H and O–H groups in total. The van der Waals surface area contributed by atoms with Crippen molar-refractivity contribution in [2.75, 3.05) is 46.8 Å². The lowest BCUT2D eigenvalue weighted by Gasteiger charge is -2.47. The molecule has 1 aromatic heterocycles. The molecule has 0 aromatic carbocycles. The van der Waals surface area contributed by atoms with Gasteiger partial charge in [-0.25, -0.2) is 0 Å². The second kappa shape index (κ2) is 6.84. The van der Waals surface area contributed by atoms with Crippen LogP contribution in [0.1, 0.15) is 55.2 Å². The molecule has 0 atom stereocenters. The van der Waals surface area contributed by atoms with E-state index in [4.69, 9.17) is 0 Å². The molecule has 1 spiro atoms. The fraction of sp³-hybridized carbons (Fsp3) is 0.778. The van der Waals surface area contributed by atoms with Gasteiger partial charge in [-0.3, -0.25) is 14.8 Å². The molecule has 24 heavy (non-hydrogen) atoms. The van der Waals surface area contributed by atoms with E-state index < -0.39 is 0 Å². The molecule has 0 saturated carbocycles. The zero-order chi connectivity index (χ0) is 17.3. The monoisotopic (exact) mass is 333 g/mol. The van der Waals surface area contributed by atoms with Gasteiger partial charge in [0.15, 0.2) is 0 Å². The third-order valence-electron chi connectivity index (χ3n) is 5.86. The molecule has 0 unspecified atom stereocenters. The average Bonchev–Trinajstić information content (AvgIpc) is 2.99. The number of piperidine rings is 1. The summed E-state index contributed by atoms with van der Waals surface area (Å²) in [6.45, 7) is 9.13. The molecular formula is C18H31N5O. The van der Waals surface area contributed by atoms with Gasteiger partial charge in [-0.05, 0) is 58.4 Å². The highest BCUT2D eigenvalue weighted by Crippen LogP contribution is 2.31. The number of aromatic amines is 1. The fourth-order valence-electron chi connectivity index (χ4n) is 3.94. The van der Waals surface area contributed by atoms with Crippen LogP contribution >= 0.6 is 0 Å². The van der Waals surface area contributed by atoms with Crippen molar-refractivity contribution in [3.8, 4) is 0 Å². The minimum Gasteiger partial charge on any atom is -0.335 e. The SMILES string of the molecule is CC(C)c1cc(C(=O)N2CCCN(C)C3(CCN(C)CC3)C2)n[nH]1. The molecule has 1 amide bonds. The van der Waals surface area contributed by atoms with Gasteiger partial charge >= 0.3 is 0 Å². The summed E-state index contributed by atoms with van der Waals surface area (Å²) < 4.78 is 0. The van der Waals surface area contributed by atoms with E-state index in [1.54, 1.807) is 0 Å². The Labute approximate surface area is 145 Å². The van der Waals surface area contributed by atoms with Crippen LogP contribution in [0, 0.1) is 0 Å². The van der Waals surface area contributed by atoms with E-state index in [1.165, 1.54) is 0 Å². The van der Waals surface area contributed by atoms with Crippen molar-refractivity contribution >= 4 is 5.91 Å². The number of nitrogens with one attached hydrogen (secondary N) is 1. The number of carbonyl (C=O) groups is 1. The molecule has 2 fully saturated rings. The summed E-state index contributed by atoms with van der Waals surface area (Å²) in [4.78, 5) is 19.9. The minimum absolute atomic E-state index is 0.0757. The lowest BCUT2D eigenvalue weighted by atomic mass is 9.85. The summed E-state index contributed by atoms with van der Waals surface area (Å²) in [5, 5.41) is 7.28. The first kappa shape index (κ1) is 17.4. The first-order valence-corrected chi connectivity index (χ1v) is 9.16. The van der Waals surface area contributed by atoms with E-state index in [0.29, 0.717) is 11.6 Å². The first-order valence-electron chi connectivity index (χ1n) is 9.16. The molecule has 134 valence electrons. The van der Waals surface area contributed by atoms with Crippen LogP contribution in [0.5, 0.6) is 0 Å². The van der Waals surface area contributed by atoms with E-state index in [-0.39, 0.29) is 11.4 Å². The number of rotatable bonds is 2. The van der Waals surface area contributed by atoms with Crippen LogP contribution in [0.4, 0.5) is 0 Å². The summed E-state index contributed by atoms with van der Waals surface area (Å²) >= 11 is 0. The molecule has 2 aliphatic rings. The summed E-state index contributed by atoms with van der Waals surface area (Å²) in [5.41, 5.74) is 1.71. The van der Waals surface area contributed by atoms with Crippen LogP contribution in [0.2, 0.25) is 0 Å². The molecule has 6 nitrogen and oxygen atoms in total. The standard InChI is InChI=1S/C18H31N5O/c1-14(2)15-12-16(20-19-15)17(24)23-9-5-8-22(4)18(13-23)6-10-21(3)11-7-18/h12,14H,5-11,13H2,1-4H3,(H,19,20). The van der Waals surface area contributed by atoms with Gasteiger partial charge in [-0.15, -0.1) is 0 Å². The van der Waals surface area contributed by atoms with Crippen LogP contribution in [0.15, 0.2) is 6.07 Å². The van der Waals surface area contributed by atoms with Crippen LogP contribution in [-0.2, 0) is 0 Å². The molecule has 0 bridgehead atoms. The van der Waals surface area contributed by atoms with Crippen molar-refractivity contribution in [3.63, 3.8) is 0 Å². The van der Waals surface area contributed by atoms with E-state index >= 15 is 0 Å². The highest BCUT2D eigenvalue weighted by molar-refractivity contribution is 5.92. The van der Waals surface area contributed by atoms with Gasteiger partial charge < -0.3 is 9.80 Å². The van der Waals surface area contributed by atoms with Gasteiger partial charge in [0.25, 0.3) is 5.91 Å². The number of nitrogens with zero attached hydrogens (tertiary/aromatic N) is 4. The van der Waals surface area contributed by atoms with Crippen molar-refractivity contribution in [1.29, 1.82) is 0 Å². The third-order valence-corrected chi connectivity index (χ3v) is 5.86. The van der Waals surface area contributed by atoms with Gasteiger partial charge in [0.05, 0.1) is 0 Å². The molecule has 2 aliphatic heterocycles. The normalized spacial score (nSPS) is 23.0. The topological polar surface area (TPSA) is 55.5 Å². The average molecular weight is 333 g/mol. The van der Waals surface area contributed by atoms with Gasteiger partial charge in [0.1, 0.15) is 5.69 Å². The number of H-pyrrole nitrogens is 1. The Morgan fingerprint density at radius 1 is 1.21 bits per heavy atom. The molecule has 3 rings (SSSR count). The van der Waals surface area contributed by atoms with Gasteiger partial charge in [-0.1, -0.05) is 13.8 Å². The van der Waals surface area contributed by atoms with E-state index in [2.05, 4.69) is 47.9 Å². The maximum Gasteiger partial charge on any atom is 0.274 e. The van der Waals surface area contributed by atoms with Gasteiger partial charge in [-0.2, -0.15) is 5.10 Å². The van der Waals surface area contributed by atoms with Gasteiger partial charge in [0, 0.05) is 30.9 Å². The quantitative estimate of drug-likeness (QED) is 0.896. The second-order valence-electron chi connectivity index (χ2n) is 7.89. The predicted molar refractivity (Wildman–Crippen MR) is 95.3 cm³/mol. The number of amides is 1. The largest absolute Gasteiger partial charge is 0.335 e. The van der Waals surface area contributed by atoms with Crippen molar-refractivity contribution in [2.45, 2.75) is 44.6 Å². The Morgan fingerprint density at radius 2 is 1.92 bits per heavy atom. The Kier molecular flexibility index (Phi) is 4.97. The summed E-state index contributed by atoms with van der Waals surface area (Å²) in [6.07, 6.45) is 3.28. The number of likely N-dealkylation sites (tertiary alicyclic amines) is 1. The number of hydrogen-bond donors (Lipinski definition) is 1. The third kappa shape index (κ3) is 3.35. The number of aromatic nitrogens is 2. The first-order chi connectivity index (χ1) is 11.4. The molecule has 0 aliphatic carbocycles. The van der Waals surface area contributed by atoms with E-state index in [9.17, 15) is 4.79 Å². The second-order valence-corrected chi connectivity index (χ2v) is 7.89. The fourth-order valence-corrected chi connectivity index (χ4v) is 3.94. The summed E-state index contributed by atoms with van der Waals surface area (Å²) in [5.74, 6) is 0.432. The molecular weight excluding hydrogens is 302 g/mol. The highest BCUT2D eigenvalue weighted by Gasteiger charge is 2.41. The van der Waals surface area contributed by atoms with Crippen LogP contribution in [0.25, 0.3) is 0 Å². The number of likely N-dealkylation sites (N-methyl/N-ethyl adjacent to an activating group) is 1. The molecule has 6 heteroatoms. The zero-order valence-corrected chi connectivity index (χ0v) is 15.5. The highest BCUT2D eigenvalue weighted by atomic mass is 16.2. The minimum atomic E-state index is 0.0757. The summed E-state index contributed by atoms with van der Waals surface area (Å²) in [7, 11) is 4.41. The lowest BCUT2D eigenvalue weighted by molar-refractivity contribution is 0.0314. The van der Waals surface area contributed by atoms with E-state index in [0.717, 1.165) is 57.7 Å². The predicted octanol–water partition coefficient (Wildman–Crippen LogP) is 1.78. The number of hydrogen-bond acceptors (Lipinski definition) is 4. The molecule has 2 saturated heterocycles. The maximum absolute atomic E-state index is 13.0. The van der Waals surface area contributed by atoms with Crippen molar-refractivity contribution in [1.82, 2.24) is 24.9 Å². The van der Waals surface area contributed by atoms with Crippen molar-refractivity contribution in [2.24, 2.45) is 0 Å². The smallest absolute Gasteiger partial charge is 0.274 e. The van der Waals surface area contributed by atoms with Crippen LogP contribution < -0.4 is 0 Å². The molecule has 0 radical (unpaired) electrons. The Balaban J connectivity index is 1.78. The molecule has 3 heterocycles. The Bertz CT molecular complexity index is 574. The Morgan fingerprint density at radius 3 is 2.54 bits per heavy atom. The Hall–Kier alpha value is -1.40. The van der Waals surface area contributed by atoms with Crippen LogP contribution in [0.3, 0.4) is 0 Å². The maximum atomic E-state index is 13.0. The number of carbonyl (C=O) groups excluding carboxylic acids is 1. The summed E-state index contributed by atoms with van der Waals surface area (Å²) in [6, 6.07) is 1.92.